The third kappa shape index (κ3) is 2.92. The van der Waals surface area contributed by atoms with E-state index >= 15 is 0 Å². The molecular formula is C16H17ClFN3. The summed E-state index contributed by atoms with van der Waals surface area (Å²) in [5, 5.41) is 3.72. The molecule has 0 saturated heterocycles. The van der Waals surface area contributed by atoms with Gasteiger partial charge in [0.25, 0.3) is 0 Å². The standard InChI is InChI=1S/C16H17ClFN3/c1-2-3-14-12-9-19-7-6-15(12)21-16(20-14)11-5-4-10(18)8-13(11)17/h4-5,8,19H,2-3,6-7,9H2,1H3. The third-order valence-electron chi connectivity index (χ3n) is 3.68. The number of fused-ring (bicyclic) bond motifs is 1. The molecule has 0 atom stereocenters. The Morgan fingerprint density at radius 2 is 2.19 bits per heavy atom. The predicted molar refractivity (Wildman–Crippen MR) is 81.8 cm³/mol. The van der Waals surface area contributed by atoms with Gasteiger partial charge in [0.2, 0.25) is 0 Å². The quantitative estimate of drug-likeness (QED) is 0.942. The fourth-order valence-electron chi connectivity index (χ4n) is 2.65. The van der Waals surface area contributed by atoms with E-state index in [1.807, 2.05) is 0 Å². The van der Waals surface area contributed by atoms with Gasteiger partial charge in [-0.1, -0.05) is 24.9 Å². The molecule has 3 nitrogen and oxygen atoms in total. The lowest BCUT2D eigenvalue weighted by Crippen LogP contribution is -2.26. The number of nitrogens with zero attached hydrogens (tertiary/aromatic N) is 2. The Balaban J connectivity index is 2.12. The van der Waals surface area contributed by atoms with Crippen molar-refractivity contribution in [2.75, 3.05) is 6.54 Å². The van der Waals surface area contributed by atoms with Crippen molar-refractivity contribution in [1.29, 1.82) is 0 Å². The molecule has 21 heavy (non-hydrogen) atoms. The van der Waals surface area contributed by atoms with Crippen LogP contribution in [0.2, 0.25) is 5.02 Å². The van der Waals surface area contributed by atoms with Gasteiger partial charge < -0.3 is 5.32 Å². The molecule has 1 aromatic carbocycles. The van der Waals surface area contributed by atoms with E-state index in [4.69, 9.17) is 11.6 Å². The first-order valence-corrected chi connectivity index (χ1v) is 7.61. The van der Waals surface area contributed by atoms with Gasteiger partial charge in [-0.05, 0) is 24.6 Å². The van der Waals surface area contributed by atoms with Crippen molar-refractivity contribution in [3.8, 4) is 11.4 Å². The van der Waals surface area contributed by atoms with Crippen molar-refractivity contribution in [3.05, 3.63) is 46.0 Å². The van der Waals surface area contributed by atoms with E-state index in [2.05, 4.69) is 22.2 Å². The molecule has 0 aliphatic carbocycles. The van der Waals surface area contributed by atoms with Crippen LogP contribution in [0.1, 0.15) is 30.3 Å². The minimum absolute atomic E-state index is 0.348. The maximum Gasteiger partial charge on any atom is 0.161 e. The zero-order valence-electron chi connectivity index (χ0n) is 11.9. The molecule has 0 radical (unpaired) electrons. The molecule has 110 valence electrons. The van der Waals surface area contributed by atoms with Crippen LogP contribution in [0.3, 0.4) is 0 Å². The summed E-state index contributed by atoms with van der Waals surface area (Å²) in [4.78, 5) is 9.34. The van der Waals surface area contributed by atoms with Crippen LogP contribution in [0, 0.1) is 5.82 Å². The smallest absolute Gasteiger partial charge is 0.161 e. The summed E-state index contributed by atoms with van der Waals surface area (Å²) in [6.07, 6.45) is 2.83. The number of benzene rings is 1. The van der Waals surface area contributed by atoms with E-state index in [9.17, 15) is 4.39 Å². The van der Waals surface area contributed by atoms with Crippen LogP contribution in [0.15, 0.2) is 18.2 Å². The molecule has 3 rings (SSSR count). The number of aromatic nitrogens is 2. The summed E-state index contributed by atoms with van der Waals surface area (Å²) in [5.41, 5.74) is 4.06. The van der Waals surface area contributed by atoms with Crippen molar-refractivity contribution in [3.63, 3.8) is 0 Å². The van der Waals surface area contributed by atoms with E-state index in [1.54, 1.807) is 6.07 Å². The van der Waals surface area contributed by atoms with Gasteiger partial charge >= 0.3 is 0 Å². The average Bonchev–Trinajstić information content (AvgIpc) is 2.47. The number of nitrogens with one attached hydrogen (secondary N) is 1. The minimum Gasteiger partial charge on any atom is -0.312 e. The summed E-state index contributed by atoms with van der Waals surface area (Å²) < 4.78 is 13.2. The lowest BCUT2D eigenvalue weighted by Gasteiger charge is -2.20. The lowest BCUT2D eigenvalue weighted by molar-refractivity contribution is 0.615. The number of rotatable bonds is 3. The Morgan fingerprint density at radius 1 is 1.33 bits per heavy atom. The molecule has 0 saturated carbocycles. The molecule has 1 aliphatic rings. The van der Waals surface area contributed by atoms with Crippen molar-refractivity contribution in [1.82, 2.24) is 15.3 Å². The summed E-state index contributed by atoms with van der Waals surface area (Å²) >= 11 is 6.14. The highest BCUT2D eigenvalue weighted by Crippen LogP contribution is 2.28. The van der Waals surface area contributed by atoms with Gasteiger partial charge in [0, 0.05) is 36.3 Å². The normalized spacial score (nSPS) is 14.0. The second-order valence-electron chi connectivity index (χ2n) is 5.22. The number of aryl methyl sites for hydroxylation is 1. The highest BCUT2D eigenvalue weighted by molar-refractivity contribution is 6.33. The van der Waals surface area contributed by atoms with E-state index in [-0.39, 0.29) is 5.82 Å². The molecule has 1 N–H and O–H groups in total. The molecule has 0 spiro atoms. The average molecular weight is 306 g/mol. The molecule has 2 aromatic rings. The van der Waals surface area contributed by atoms with Gasteiger partial charge in [0.15, 0.2) is 5.82 Å². The van der Waals surface area contributed by atoms with Crippen LogP contribution in [-0.2, 0) is 19.4 Å². The molecule has 0 fully saturated rings. The third-order valence-corrected chi connectivity index (χ3v) is 3.99. The zero-order valence-corrected chi connectivity index (χ0v) is 12.7. The Bertz CT molecular complexity index is 673. The monoisotopic (exact) mass is 305 g/mol. The van der Waals surface area contributed by atoms with Crippen molar-refractivity contribution in [2.45, 2.75) is 32.7 Å². The fraction of sp³-hybridized carbons (Fsp3) is 0.375. The van der Waals surface area contributed by atoms with Gasteiger partial charge in [-0.15, -0.1) is 0 Å². The molecule has 0 bridgehead atoms. The molecule has 0 amide bonds. The molecule has 5 heteroatoms. The minimum atomic E-state index is -0.348. The van der Waals surface area contributed by atoms with Gasteiger partial charge in [-0.2, -0.15) is 0 Å². The second kappa shape index (κ2) is 6.08. The Hall–Kier alpha value is -1.52. The molecule has 1 aliphatic heterocycles. The Kier molecular flexibility index (Phi) is 4.17. The van der Waals surface area contributed by atoms with E-state index < -0.39 is 0 Å². The lowest BCUT2D eigenvalue weighted by atomic mass is 10.0. The highest BCUT2D eigenvalue weighted by atomic mass is 35.5. The summed E-state index contributed by atoms with van der Waals surface area (Å²) in [7, 11) is 0. The molecule has 0 unspecified atom stereocenters. The summed E-state index contributed by atoms with van der Waals surface area (Å²) in [6, 6.07) is 4.35. The first-order chi connectivity index (χ1) is 10.2. The van der Waals surface area contributed by atoms with Gasteiger partial charge in [0.05, 0.1) is 10.7 Å². The van der Waals surface area contributed by atoms with Gasteiger partial charge in [-0.25, -0.2) is 14.4 Å². The van der Waals surface area contributed by atoms with Crippen molar-refractivity contribution in [2.24, 2.45) is 0 Å². The topological polar surface area (TPSA) is 37.8 Å². The van der Waals surface area contributed by atoms with Crippen LogP contribution in [0.25, 0.3) is 11.4 Å². The summed E-state index contributed by atoms with van der Waals surface area (Å²) in [6.45, 7) is 3.88. The molecule has 2 heterocycles. The van der Waals surface area contributed by atoms with E-state index in [0.717, 1.165) is 43.7 Å². The van der Waals surface area contributed by atoms with Crippen molar-refractivity contribution < 1.29 is 4.39 Å². The van der Waals surface area contributed by atoms with Gasteiger partial charge in [0.1, 0.15) is 5.82 Å². The number of halogens is 2. The highest BCUT2D eigenvalue weighted by Gasteiger charge is 2.18. The first kappa shape index (κ1) is 14.4. The van der Waals surface area contributed by atoms with Gasteiger partial charge in [-0.3, -0.25) is 0 Å². The maximum atomic E-state index is 13.2. The van der Waals surface area contributed by atoms with Crippen LogP contribution < -0.4 is 5.32 Å². The summed E-state index contributed by atoms with van der Waals surface area (Å²) in [5.74, 6) is 0.254. The second-order valence-corrected chi connectivity index (χ2v) is 5.63. The van der Waals surface area contributed by atoms with Crippen molar-refractivity contribution >= 4 is 11.6 Å². The Labute approximate surface area is 128 Å². The number of hydrogen-bond donors (Lipinski definition) is 1. The maximum absolute atomic E-state index is 13.2. The predicted octanol–water partition coefficient (Wildman–Crippen LogP) is 3.53. The van der Waals surface area contributed by atoms with Crippen LogP contribution in [-0.4, -0.2) is 16.5 Å². The number of hydrogen-bond acceptors (Lipinski definition) is 3. The van der Waals surface area contributed by atoms with Crippen LogP contribution >= 0.6 is 11.6 Å². The zero-order chi connectivity index (χ0) is 14.8. The largest absolute Gasteiger partial charge is 0.312 e. The van der Waals surface area contributed by atoms with E-state index in [1.165, 1.54) is 17.7 Å². The Morgan fingerprint density at radius 3 is 2.95 bits per heavy atom. The SMILES string of the molecule is CCCc1nc(-c2ccc(F)cc2Cl)nc2c1CNCC2. The van der Waals surface area contributed by atoms with Crippen LogP contribution in [0.5, 0.6) is 0 Å². The van der Waals surface area contributed by atoms with Crippen LogP contribution in [0.4, 0.5) is 4.39 Å². The first-order valence-electron chi connectivity index (χ1n) is 7.24. The fourth-order valence-corrected chi connectivity index (χ4v) is 2.90. The molecule has 1 aromatic heterocycles. The van der Waals surface area contributed by atoms with E-state index in [0.29, 0.717) is 16.4 Å². The molecular weight excluding hydrogens is 289 g/mol.